The van der Waals surface area contributed by atoms with Crippen LogP contribution in [-0.2, 0) is 9.47 Å². The van der Waals surface area contributed by atoms with Crippen molar-refractivity contribution in [1.29, 1.82) is 0 Å². The van der Waals surface area contributed by atoms with Gasteiger partial charge in [-0.05, 0) is 38.1 Å². The second-order valence-corrected chi connectivity index (χ2v) is 6.76. The van der Waals surface area contributed by atoms with E-state index in [1.165, 1.54) is 38.6 Å². The van der Waals surface area contributed by atoms with E-state index in [-0.39, 0.29) is 5.79 Å². The normalized spacial score (nSPS) is 35.7. The fraction of sp³-hybridized carbons (Fsp3) is 1.00. The van der Waals surface area contributed by atoms with Gasteiger partial charge in [-0.15, -0.1) is 0 Å². The Morgan fingerprint density at radius 3 is 2.45 bits per heavy atom. The smallest absolute Gasteiger partial charge is 0.168 e. The quantitative estimate of drug-likeness (QED) is 0.861. The third-order valence-corrected chi connectivity index (χ3v) is 5.72. The van der Waals surface area contributed by atoms with E-state index < -0.39 is 0 Å². The van der Waals surface area contributed by atoms with Crippen LogP contribution >= 0.6 is 0 Å². The lowest BCUT2D eigenvalue weighted by molar-refractivity contribution is -0.185. The maximum absolute atomic E-state index is 6.04. The first-order valence-corrected chi connectivity index (χ1v) is 8.50. The molecule has 116 valence electrons. The summed E-state index contributed by atoms with van der Waals surface area (Å²) >= 11 is 0. The first-order chi connectivity index (χ1) is 9.76. The Balaban J connectivity index is 1.56. The predicted octanol–water partition coefficient (Wildman–Crippen LogP) is 2.12. The minimum Gasteiger partial charge on any atom is -0.348 e. The molecule has 2 unspecified atom stereocenters. The molecular weight excluding hydrogens is 252 g/mol. The zero-order valence-electron chi connectivity index (χ0n) is 12.9. The molecule has 1 aliphatic carbocycles. The van der Waals surface area contributed by atoms with Gasteiger partial charge in [0.2, 0.25) is 0 Å². The summed E-state index contributed by atoms with van der Waals surface area (Å²) in [7, 11) is 0. The summed E-state index contributed by atoms with van der Waals surface area (Å²) < 4.78 is 11.7. The summed E-state index contributed by atoms with van der Waals surface area (Å²) in [6, 6.07) is 1.29. The molecule has 0 aromatic carbocycles. The topological polar surface area (TPSA) is 47.7 Å². The van der Waals surface area contributed by atoms with Crippen LogP contribution in [-0.4, -0.2) is 49.1 Å². The molecule has 3 rings (SSSR count). The molecule has 0 aromatic rings. The van der Waals surface area contributed by atoms with E-state index in [1.807, 2.05) is 0 Å². The minimum absolute atomic E-state index is 0.226. The van der Waals surface area contributed by atoms with Gasteiger partial charge in [-0.3, -0.25) is 4.90 Å². The van der Waals surface area contributed by atoms with E-state index in [4.69, 9.17) is 15.2 Å². The summed E-state index contributed by atoms with van der Waals surface area (Å²) in [6.07, 6.45) is 8.47. The van der Waals surface area contributed by atoms with Crippen LogP contribution in [0.25, 0.3) is 0 Å². The molecule has 1 spiro atoms. The monoisotopic (exact) mass is 282 g/mol. The van der Waals surface area contributed by atoms with Crippen molar-refractivity contribution in [3.8, 4) is 0 Å². The number of rotatable bonds is 3. The van der Waals surface area contributed by atoms with Crippen LogP contribution in [0, 0.1) is 5.92 Å². The van der Waals surface area contributed by atoms with E-state index in [9.17, 15) is 0 Å². The Bertz CT molecular complexity index is 308. The van der Waals surface area contributed by atoms with Gasteiger partial charge in [0.1, 0.15) is 0 Å². The Hall–Kier alpha value is -0.160. The summed E-state index contributed by atoms with van der Waals surface area (Å²) in [5.41, 5.74) is 6.04. The van der Waals surface area contributed by atoms with Crippen LogP contribution in [0.5, 0.6) is 0 Å². The van der Waals surface area contributed by atoms with Gasteiger partial charge in [-0.2, -0.15) is 0 Å². The molecule has 0 amide bonds. The third-order valence-electron chi connectivity index (χ3n) is 5.72. The number of piperidine rings is 1. The summed E-state index contributed by atoms with van der Waals surface area (Å²) in [4.78, 5) is 2.70. The molecule has 2 saturated heterocycles. The first kappa shape index (κ1) is 14.8. The zero-order chi connectivity index (χ0) is 14.0. The van der Waals surface area contributed by atoms with Gasteiger partial charge in [-0.25, -0.2) is 0 Å². The highest BCUT2D eigenvalue weighted by atomic mass is 16.7. The number of likely N-dealkylation sites (tertiary alicyclic amines) is 1. The predicted molar refractivity (Wildman–Crippen MR) is 79.5 cm³/mol. The molecule has 2 atom stereocenters. The van der Waals surface area contributed by atoms with Gasteiger partial charge in [-0.1, -0.05) is 13.3 Å². The van der Waals surface area contributed by atoms with Crippen molar-refractivity contribution in [1.82, 2.24) is 4.90 Å². The van der Waals surface area contributed by atoms with Gasteiger partial charge in [0.25, 0.3) is 0 Å². The lowest BCUT2D eigenvalue weighted by Crippen LogP contribution is -2.53. The van der Waals surface area contributed by atoms with Crippen molar-refractivity contribution in [2.24, 2.45) is 11.7 Å². The standard InChI is InChI=1S/C16H30N2O2/c1-2-13-5-8-18(15(11-13)12-17)14-3-6-16(7-4-14)19-9-10-20-16/h13-15H,2-12,17H2,1H3. The molecule has 3 fully saturated rings. The highest BCUT2D eigenvalue weighted by Gasteiger charge is 2.43. The van der Waals surface area contributed by atoms with Crippen molar-refractivity contribution >= 4 is 0 Å². The van der Waals surface area contributed by atoms with E-state index in [0.717, 1.165) is 38.5 Å². The maximum atomic E-state index is 6.04. The second kappa shape index (κ2) is 6.30. The molecule has 0 radical (unpaired) electrons. The first-order valence-electron chi connectivity index (χ1n) is 8.50. The molecule has 4 nitrogen and oxygen atoms in total. The molecule has 2 N–H and O–H groups in total. The van der Waals surface area contributed by atoms with Gasteiger partial charge in [0.05, 0.1) is 13.2 Å². The molecule has 4 heteroatoms. The van der Waals surface area contributed by atoms with Gasteiger partial charge >= 0.3 is 0 Å². The Labute approximate surface area is 123 Å². The summed E-state index contributed by atoms with van der Waals surface area (Å²) in [5, 5.41) is 0. The zero-order valence-corrected chi connectivity index (χ0v) is 12.9. The Kier molecular flexibility index (Phi) is 4.65. The Morgan fingerprint density at radius 2 is 1.85 bits per heavy atom. The van der Waals surface area contributed by atoms with Gasteiger partial charge in [0, 0.05) is 31.5 Å². The highest BCUT2D eigenvalue weighted by molar-refractivity contribution is 4.92. The molecular formula is C16H30N2O2. The van der Waals surface area contributed by atoms with E-state index in [2.05, 4.69) is 11.8 Å². The number of hydrogen-bond donors (Lipinski definition) is 1. The van der Waals surface area contributed by atoms with Crippen molar-refractivity contribution in [3.05, 3.63) is 0 Å². The summed E-state index contributed by atoms with van der Waals surface area (Å²) in [6.45, 7) is 5.91. The molecule has 0 bridgehead atoms. The van der Waals surface area contributed by atoms with Crippen molar-refractivity contribution in [3.63, 3.8) is 0 Å². The van der Waals surface area contributed by atoms with Crippen molar-refractivity contribution in [2.45, 2.75) is 69.7 Å². The average molecular weight is 282 g/mol. The number of nitrogens with two attached hydrogens (primary N) is 1. The average Bonchev–Trinajstić information content (AvgIpc) is 2.96. The van der Waals surface area contributed by atoms with Crippen LogP contribution in [0.3, 0.4) is 0 Å². The number of ether oxygens (including phenoxy) is 2. The SMILES string of the molecule is CCC1CCN(C2CCC3(CC2)OCCO3)C(CN)C1. The number of nitrogens with zero attached hydrogens (tertiary/aromatic N) is 1. The van der Waals surface area contributed by atoms with Gasteiger partial charge < -0.3 is 15.2 Å². The molecule has 2 aliphatic heterocycles. The van der Waals surface area contributed by atoms with Crippen molar-refractivity contribution < 1.29 is 9.47 Å². The fourth-order valence-electron chi connectivity index (χ4n) is 4.40. The van der Waals surface area contributed by atoms with Crippen LogP contribution < -0.4 is 5.73 Å². The second-order valence-electron chi connectivity index (χ2n) is 6.76. The van der Waals surface area contributed by atoms with Crippen LogP contribution in [0.4, 0.5) is 0 Å². The van der Waals surface area contributed by atoms with E-state index in [0.29, 0.717) is 12.1 Å². The maximum Gasteiger partial charge on any atom is 0.168 e. The highest BCUT2D eigenvalue weighted by Crippen LogP contribution is 2.39. The third kappa shape index (κ3) is 2.89. The molecule has 1 saturated carbocycles. The van der Waals surface area contributed by atoms with Crippen LogP contribution in [0.2, 0.25) is 0 Å². The molecule has 0 aromatic heterocycles. The molecule has 3 aliphatic rings. The lowest BCUT2D eigenvalue weighted by atomic mass is 9.83. The van der Waals surface area contributed by atoms with E-state index in [1.54, 1.807) is 0 Å². The van der Waals surface area contributed by atoms with E-state index >= 15 is 0 Å². The largest absolute Gasteiger partial charge is 0.348 e. The minimum atomic E-state index is -0.226. The fourth-order valence-corrected chi connectivity index (χ4v) is 4.40. The Morgan fingerprint density at radius 1 is 1.15 bits per heavy atom. The molecule has 2 heterocycles. The van der Waals surface area contributed by atoms with Crippen LogP contribution in [0.1, 0.15) is 51.9 Å². The van der Waals surface area contributed by atoms with Gasteiger partial charge in [0.15, 0.2) is 5.79 Å². The van der Waals surface area contributed by atoms with Crippen LogP contribution in [0.15, 0.2) is 0 Å². The summed E-state index contributed by atoms with van der Waals surface area (Å²) in [5.74, 6) is 0.660. The number of hydrogen-bond acceptors (Lipinski definition) is 4. The lowest BCUT2D eigenvalue weighted by Gasteiger charge is -2.47. The molecule has 20 heavy (non-hydrogen) atoms. The van der Waals surface area contributed by atoms with Crippen molar-refractivity contribution in [2.75, 3.05) is 26.3 Å².